The Morgan fingerprint density at radius 3 is 2.43 bits per heavy atom. The van der Waals surface area contributed by atoms with Gasteiger partial charge in [0.15, 0.2) is 0 Å². The van der Waals surface area contributed by atoms with Crippen molar-refractivity contribution in [3.63, 3.8) is 0 Å². The van der Waals surface area contributed by atoms with Crippen molar-refractivity contribution in [3.05, 3.63) is 89.1 Å². The normalized spacial score (nSPS) is 13.7. The molecule has 1 N–H and O–H groups in total. The van der Waals surface area contributed by atoms with Gasteiger partial charge in [-0.2, -0.15) is 0 Å². The maximum Gasteiger partial charge on any atom is 0.256 e. The fraction of sp³-hybridized carbons (Fsp3) is 0.214. The van der Waals surface area contributed by atoms with Crippen molar-refractivity contribution in [2.75, 3.05) is 43.5 Å². The Morgan fingerprint density at radius 1 is 0.971 bits per heavy atom. The first-order valence-corrected chi connectivity index (χ1v) is 12.0. The van der Waals surface area contributed by atoms with E-state index in [-0.39, 0.29) is 5.91 Å². The van der Waals surface area contributed by atoms with E-state index in [1.54, 1.807) is 13.3 Å². The average Bonchev–Trinajstić information content (AvgIpc) is 2.90. The van der Waals surface area contributed by atoms with Crippen molar-refractivity contribution in [2.24, 2.45) is 0 Å². The van der Waals surface area contributed by atoms with E-state index in [9.17, 15) is 4.79 Å². The van der Waals surface area contributed by atoms with Gasteiger partial charge in [0.05, 0.1) is 18.4 Å². The minimum Gasteiger partial charge on any atom is -0.495 e. The van der Waals surface area contributed by atoms with Crippen LogP contribution < -0.4 is 15.0 Å². The van der Waals surface area contributed by atoms with Gasteiger partial charge in [-0.3, -0.25) is 4.79 Å². The molecule has 1 fully saturated rings. The predicted molar refractivity (Wildman–Crippen MR) is 142 cm³/mol. The molecule has 0 saturated carbocycles. The number of fused-ring (bicyclic) bond motifs is 1. The number of amides is 1. The van der Waals surface area contributed by atoms with E-state index in [2.05, 4.69) is 21.3 Å². The van der Waals surface area contributed by atoms with Crippen LogP contribution in [0.5, 0.6) is 5.75 Å². The number of ether oxygens (including phenoxy) is 1. The topological polar surface area (TPSA) is 57.7 Å². The number of halogens is 1. The molecule has 6 nitrogen and oxygen atoms in total. The first kappa shape index (κ1) is 23.0. The van der Waals surface area contributed by atoms with Crippen LogP contribution in [0.2, 0.25) is 5.02 Å². The number of benzene rings is 3. The summed E-state index contributed by atoms with van der Waals surface area (Å²) in [5, 5.41) is 5.82. The maximum atomic E-state index is 13.5. The number of aryl methyl sites for hydroxylation is 1. The number of para-hydroxylation sites is 2. The van der Waals surface area contributed by atoms with Crippen LogP contribution in [-0.4, -0.2) is 49.1 Å². The molecule has 0 unspecified atom stereocenters. The van der Waals surface area contributed by atoms with Crippen LogP contribution in [0.25, 0.3) is 10.8 Å². The Bertz CT molecular complexity index is 1380. The summed E-state index contributed by atoms with van der Waals surface area (Å²) in [7, 11) is 1.68. The average molecular weight is 487 g/mol. The molecule has 0 aliphatic carbocycles. The quantitative estimate of drug-likeness (QED) is 0.380. The predicted octanol–water partition coefficient (Wildman–Crippen LogP) is 5.91. The molecule has 5 rings (SSSR count). The van der Waals surface area contributed by atoms with Crippen LogP contribution in [0, 0.1) is 6.92 Å². The molecule has 1 aromatic heterocycles. The molecule has 35 heavy (non-hydrogen) atoms. The summed E-state index contributed by atoms with van der Waals surface area (Å²) < 4.78 is 5.51. The summed E-state index contributed by atoms with van der Waals surface area (Å²) in [6.45, 7) is 4.72. The second-order valence-corrected chi connectivity index (χ2v) is 9.01. The van der Waals surface area contributed by atoms with Crippen LogP contribution >= 0.6 is 11.6 Å². The van der Waals surface area contributed by atoms with Crippen molar-refractivity contribution in [1.29, 1.82) is 0 Å². The zero-order valence-electron chi connectivity index (χ0n) is 19.8. The van der Waals surface area contributed by atoms with Crippen LogP contribution in [0.3, 0.4) is 0 Å². The third-order valence-electron chi connectivity index (χ3n) is 6.45. The van der Waals surface area contributed by atoms with E-state index in [1.807, 2.05) is 72.5 Å². The molecule has 4 aromatic rings. The number of piperazine rings is 1. The van der Waals surface area contributed by atoms with Gasteiger partial charge in [-0.05, 0) is 42.1 Å². The number of hydrogen-bond donors (Lipinski definition) is 1. The zero-order chi connectivity index (χ0) is 24.4. The van der Waals surface area contributed by atoms with Crippen LogP contribution in [-0.2, 0) is 0 Å². The summed E-state index contributed by atoms with van der Waals surface area (Å²) in [6.07, 6.45) is 1.68. The number of carbonyl (C=O) groups is 1. The summed E-state index contributed by atoms with van der Waals surface area (Å²) in [6, 6.07) is 21.7. The molecular weight excluding hydrogens is 460 g/mol. The molecule has 1 aliphatic heterocycles. The summed E-state index contributed by atoms with van der Waals surface area (Å²) in [4.78, 5) is 22.3. The number of nitrogens with one attached hydrogen (secondary N) is 1. The molecule has 1 aliphatic rings. The minimum atomic E-state index is -0.00157. The first-order valence-electron chi connectivity index (χ1n) is 11.6. The number of hydrogen-bond acceptors (Lipinski definition) is 5. The van der Waals surface area contributed by atoms with Crippen molar-refractivity contribution in [3.8, 4) is 5.75 Å². The highest BCUT2D eigenvalue weighted by Gasteiger charge is 2.25. The lowest BCUT2D eigenvalue weighted by atomic mass is 10.1. The minimum absolute atomic E-state index is 0.00157. The molecule has 1 saturated heterocycles. The van der Waals surface area contributed by atoms with Crippen LogP contribution in [0.1, 0.15) is 15.9 Å². The second-order valence-electron chi connectivity index (χ2n) is 8.61. The van der Waals surface area contributed by atoms with Gasteiger partial charge >= 0.3 is 0 Å². The molecule has 0 radical (unpaired) electrons. The molecular formula is C28H27ClN4O2. The Labute approximate surface area is 210 Å². The lowest BCUT2D eigenvalue weighted by Gasteiger charge is -2.36. The number of methoxy groups -OCH3 is 1. The van der Waals surface area contributed by atoms with Gasteiger partial charge < -0.3 is 19.9 Å². The molecule has 7 heteroatoms. The molecule has 2 heterocycles. The van der Waals surface area contributed by atoms with E-state index >= 15 is 0 Å². The molecule has 178 valence electrons. The molecule has 0 atom stereocenters. The first-order chi connectivity index (χ1) is 17.0. The Morgan fingerprint density at radius 2 is 1.69 bits per heavy atom. The molecule has 3 aromatic carbocycles. The monoisotopic (exact) mass is 486 g/mol. The van der Waals surface area contributed by atoms with Crippen molar-refractivity contribution in [2.45, 2.75) is 6.92 Å². The number of nitrogens with zero attached hydrogens (tertiary/aromatic N) is 3. The third-order valence-corrected chi connectivity index (χ3v) is 6.86. The largest absolute Gasteiger partial charge is 0.495 e. The van der Waals surface area contributed by atoms with E-state index in [0.29, 0.717) is 29.5 Å². The fourth-order valence-electron chi connectivity index (χ4n) is 4.48. The van der Waals surface area contributed by atoms with Gasteiger partial charge in [-0.1, -0.05) is 54.1 Å². The fourth-order valence-corrected chi connectivity index (χ4v) is 4.66. The Kier molecular flexibility index (Phi) is 6.47. The van der Waals surface area contributed by atoms with Gasteiger partial charge in [0, 0.05) is 48.5 Å². The SMILES string of the molecule is COc1ccccc1N1CCN(C(=O)c2cnc(Nc3ccc(C)c(Cl)c3)c3ccccc23)CC1. The van der Waals surface area contributed by atoms with Crippen molar-refractivity contribution in [1.82, 2.24) is 9.88 Å². The van der Waals surface area contributed by atoms with Crippen LogP contribution in [0.4, 0.5) is 17.2 Å². The number of carbonyl (C=O) groups excluding carboxylic acids is 1. The highest BCUT2D eigenvalue weighted by molar-refractivity contribution is 6.31. The standard InChI is InChI=1S/C28H27ClN4O2/c1-19-11-12-20(17-24(19)29)31-27-22-8-4-3-7-21(22)23(18-30-27)28(34)33-15-13-32(14-16-33)25-9-5-6-10-26(25)35-2/h3-12,17-18H,13-16H2,1-2H3,(H,30,31). The van der Waals surface area contributed by atoms with Crippen LogP contribution in [0.15, 0.2) is 72.9 Å². The number of anilines is 3. The third kappa shape index (κ3) is 4.62. The maximum absolute atomic E-state index is 13.5. The van der Waals surface area contributed by atoms with Crippen molar-refractivity contribution >= 4 is 45.5 Å². The van der Waals surface area contributed by atoms with Gasteiger partial charge in [0.2, 0.25) is 0 Å². The van der Waals surface area contributed by atoms with Gasteiger partial charge in [-0.25, -0.2) is 4.98 Å². The zero-order valence-corrected chi connectivity index (χ0v) is 20.5. The second kappa shape index (κ2) is 9.84. The molecule has 0 bridgehead atoms. The van der Waals surface area contributed by atoms with E-state index in [0.717, 1.165) is 46.5 Å². The Hall–Kier alpha value is -3.77. The Balaban J connectivity index is 1.37. The highest BCUT2D eigenvalue weighted by Crippen LogP contribution is 2.31. The number of rotatable bonds is 5. The highest BCUT2D eigenvalue weighted by atomic mass is 35.5. The molecule has 1 amide bonds. The van der Waals surface area contributed by atoms with E-state index in [4.69, 9.17) is 16.3 Å². The van der Waals surface area contributed by atoms with Gasteiger partial charge in [-0.15, -0.1) is 0 Å². The molecule has 0 spiro atoms. The summed E-state index contributed by atoms with van der Waals surface area (Å²) in [5.41, 5.74) is 3.53. The number of pyridine rings is 1. The van der Waals surface area contributed by atoms with Gasteiger partial charge in [0.1, 0.15) is 11.6 Å². The van der Waals surface area contributed by atoms with E-state index < -0.39 is 0 Å². The summed E-state index contributed by atoms with van der Waals surface area (Å²) in [5.74, 6) is 1.54. The van der Waals surface area contributed by atoms with E-state index in [1.165, 1.54) is 0 Å². The lowest BCUT2D eigenvalue weighted by molar-refractivity contribution is 0.0748. The number of aromatic nitrogens is 1. The summed E-state index contributed by atoms with van der Waals surface area (Å²) >= 11 is 6.30. The smallest absolute Gasteiger partial charge is 0.256 e. The lowest BCUT2D eigenvalue weighted by Crippen LogP contribution is -2.49. The van der Waals surface area contributed by atoms with Gasteiger partial charge in [0.25, 0.3) is 5.91 Å². The van der Waals surface area contributed by atoms with Crippen molar-refractivity contribution < 1.29 is 9.53 Å².